The number of nitrogens with one attached hydrogen (secondary N) is 2. The Morgan fingerprint density at radius 1 is 1.14 bits per heavy atom. The highest BCUT2D eigenvalue weighted by Crippen LogP contribution is 2.36. The Morgan fingerprint density at radius 2 is 1.79 bits per heavy atom. The predicted molar refractivity (Wildman–Crippen MR) is 105 cm³/mol. The van der Waals surface area contributed by atoms with Gasteiger partial charge in [-0.05, 0) is 37.7 Å². The van der Waals surface area contributed by atoms with Crippen LogP contribution in [0.15, 0.2) is 48.5 Å². The highest BCUT2D eigenvalue weighted by Gasteiger charge is 2.33. The molecule has 0 heterocycles. The molecule has 2 amide bonds. The van der Waals surface area contributed by atoms with E-state index in [4.69, 9.17) is 11.6 Å². The lowest BCUT2D eigenvalue weighted by molar-refractivity contribution is -0.137. The van der Waals surface area contributed by atoms with Crippen LogP contribution in [0.1, 0.15) is 18.1 Å². The molecule has 0 bridgehead atoms. The zero-order valence-corrected chi connectivity index (χ0v) is 16.6. The third-order valence-corrected chi connectivity index (χ3v) is 4.63. The second-order valence-electron chi connectivity index (χ2n) is 6.54. The summed E-state index contributed by atoms with van der Waals surface area (Å²) in [6, 6.07) is 11.9. The van der Waals surface area contributed by atoms with Crippen LogP contribution >= 0.6 is 11.6 Å². The van der Waals surface area contributed by atoms with Crippen molar-refractivity contribution in [3.05, 3.63) is 64.7 Å². The molecule has 0 aromatic heterocycles. The van der Waals surface area contributed by atoms with Gasteiger partial charge in [-0.25, -0.2) is 0 Å². The number of rotatable bonds is 7. The summed E-state index contributed by atoms with van der Waals surface area (Å²) < 4.78 is 38.7. The lowest BCUT2D eigenvalue weighted by Gasteiger charge is -2.23. The monoisotopic (exact) mass is 427 g/mol. The Balaban J connectivity index is 1.90. The van der Waals surface area contributed by atoms with Crippen molar-refractivity contribution in [2.75, 3.05) is 18.9 Å². The second-order valence-corrected chi connectivity index (χ2v) is 6.94. The van der Waals surface area contributed by atoms with Crippen LogP contribution in [0.2, 0.25) is 5.02 Å². The van der Waals surface area contributed by atoms with E-state index in [1.807, 2.05) is 30.3 Å². The normalized spacial score (nSPS) is 12.5. The SMILES string of the molecule is CC(C(=O)NCc1ccccc1)N(C)CC(=O)Nc1ccc(Cl)c(C(F)(F)F)c1. The van der Waals surface area contributed by atoms with Crippen LogP contribution in [-0.2, 0) is 22.3 Å². The molecule has 0 radical (unpaired) electrons. The van der Waals surface area contributed by atoms with Gasteiger partial charge in [-0.15, -0.1) is 0 Å². The largest absolute Gasteiger partial charge is 0.417 e. The Labute approximate surface area is 171 Å². The fraction of sp³-hybridized carbons (Fsp3) is 0.300. The lowest BCUT2D eigenvalue weighted by Crippen LogP contribution is -2.45. The van der Waals surface area contributed by atoms with E-state index in [-0.39, 0.29) is 18.1 Å². The summed E-state index contributed by atoms with van der Waals surface area (Å²) in [7, 11) is 1.58. The van der Waals surface area contributed by atoms with Gasteiger partial charge in [0.1, 0.15) is 0 Å². The quantitative estimate of drug-likeness (QED) is 0.703. The van der Waals surface area contributed by atoms with Crippen LogP contribution in [-0.4, -0.2) is 36.3 Å². The molecule has 1 unspecified atom stereocenters. The van der Waals surface area contributed by atoms with Crippen molar-refractivity contribution in [1.29, 1.82) is 0 Å². The summed E-state index contributed by atoms with van der Waals surface area (Å²) >= 11 is 5.57. The molecule has 156 valence electrons. The minimum atomic E-state index is -4.63. The highest BCUT2D eigenvalue weighted by molar-refractivity contribution is 6.31. The Kier molecular flexibility index (Phi) is 7.64. The average molecular weight is 428 g/mol. The molecule has 0 saturated carbocycles. The lowest BCUT2D eigenvalue weighted by atomic mass is 10.2. The average Bonchev–Trinajstić information content (AvgIpc) is 2.66. The summed E-state index contributed by atoms with van der Waals surface area (Å²) in [5.74, 6) is -0.819. The zero-order chi connectivity index (χ0) is 21.6. The molecule has 0 spiro atoms. The maximum atomic E-state index is 12.9. The van der Waals surface area contributed by atoms with Crippen LogP contribution in [0, 0.1) is 0 Å². The molecule has 0 saturated heterocycles. The van der Waals surface area contributed by atoms with Gasteiger partial charge in [-0.3, -0.25) is 14.5 Å². The standard InChI is InChI=1S/C20H21ClF3N3O2/c1-13(19(29)25-11-14-6-4-3-5-7-14)27(2)12-18(28)26-15-8-9-17(21)16(10-15)20(22,23)24/h3-10,13H,11-12H2,1-2H3,(H,25,29)(H,26,28). The molecular weight excluding hydrogens is 407 g/mol. The third kappa shape index (κ3) is 6.76. The van der Waals surface area contributed by atoms with E-state index in [2.05, 4.69) is 10.6 Å². The maximum Gasteiger partial charge on any atom is 0.417 e. The van der Waals surface area contributed by atoms with Gasteiger partial charge in [0.2, 0.25) is 11.8 Å². The summed E-state index contributed by atoms with van der Waals surface area (Å²) in [4.78, 5) is 25.9. The molecule has 2 rings (SSSR count). The van der Waals surface area contributed by atoms with Crippen molar-refractivity contribution in [3.63, 3.8) is 0 Å². The molecule has 1 atom stereocenters. The fourth-order valence-electron chi connectivity index (χ4n) is 2.52. The Bertz CT molecular complexity index is 860. The molecule has 5 nitrogen and oxygen atoms in total. The smallest absolute Gasteiger partial charge is 0.351 e. The van der Waals surface area contributed by atoms with Gasteiger partial charge in [-0.2, -0.15) is 13.2 Å². The molecule has 0 aliphatic heterocycles. The van der Waals surface area contributed by atoms with E-state index in [9.17, 15) is 22.8 Å². The van der Waals surface area contributed by atoms with Crippen molar-refractivity contribution in [2.45, 2.75) is 25.7 Å². The van der Waals surface area contributed by atoms with Crippen molar-refractivity contribution in [3.8, 4) is 0 Å². The summed E-state index contributed by atoms with van der Waals surface area (Å²) in [6.45, 7) is 1.82. The van der Waals surface area contributed by atoms with Gasteiger partial charge in [0.05, 0.1) is 23.2 Å². The number of anilines is 1. The van der Waals surface area contributed by atoms with Crippen molar-refractivity contribution >= 4 is 29.1 Å². The molecular formula is C20H21ClF3N3O2. The van der Waals surface area contributed by atoms with Gasteiger partial charge in [0, 0.05) is 12.2 Å². The first-order chi connectivity index (χ1) is 13.6. The van der Waals surface area contributed by atoms with Crippen LogP contribution in [0.25, 0.3) is 0 Å². The topological polar surface area (TPSA) is 61.4 Å². The van der Waals surface area contributed by atoms with Crippen LogP contribution in [0.3, 0.4) is 0 Å². The van der Waals surface area contributed by atoms with E-state index in [0.29, 0.717) is 6.54 Å². The first-order valence-electron chi connectivity index (χ1n) is 8.76. The van der Waals surface area contributed by atoms with Crippen LogP contribution < -0.4 is 10.6 Å². The number of alkyl halides is 3. The summed E-state index contributed by atoms with van der Waals surface area (Å²) in [6.07, 6.45) is -4.63. The number of nitrogens with zero attached hydrogens (tertiary/aromatic N) is 1. The number of hydrogen-bond acceptors (Lipinski definition) is 3. The third-order valence-electron chi connectivity index (χ3n) is 4.30. The van der Waals surface area contributed by atoms with Crippen molar-refractivity contribution < 1.29 is 22.8 Å². The first-order valence-corrected chi connectivity index (χ1v) is 9.14. The first kappa shape index (κ1) is 22.7. The van der Waals surface area contributed by atoms with Gasteiger partial charge in [0.25, 0.3) is 0 Å². The van der Waals surface area contributed by atoms with E-state index in [1.165, 1.54) is 11.0 Å². The molecule has 0 fully saturated rings. The molecule has 9 heteroatoms. The molecule has 2 aromatic rings. The van der Waals surface area contributed by atoms with E-state index >= 15 is 0 Å². The maximum absolute atomic E-state index is 12.9. The Morgan fingerprint density at radius 3 is 2.41 bits per heavy atom. The number of hydrogen-bond donors (Lipinski definition) is 2. The van der Waals surface area contributed by atoms with Crippen LogP contribution in [0.5, 0.6) is 0 Å². The summed E-state index contributed by atoms with van der Waals surface area (Å²) in [5, 5.41) is 4.73. The molecule has 0 aliphatic carbocycles. The number of benzene rings is 2. The van der Waals surface area contributed by atoms with Gasteiger partial charge >= 0.3 is 6.18 Å². The zero-order valence-electron chi connectivity index (χ0n) is 15.9. The van der Waals surface area contributed by atoms with E-state index in [1.54, 1.807) is 14.0 Å². The molecule has 29 heavy (non-hydrogen) atoms. The second kappa shape index (κ2) is 9.76. The van der Waals surface area contributed by atoms with E-state index < -0.39 is 28.7 Å². The van der Waals surface area contributed by atoms with Crippen molar-refractivity contribution in [1.82, 2.24) is 10.2 Å². The molecule has 2 N–H and O–H groups in total. The number of carbonyl (C=O) groups excluding carboxylic acids is 2. The fourth-order valence-corrected chi connectivity index (χ4v) is 2.74. The number of amides is 2. The summed E-state index contributed by atoms with van der Waals surface area (Å²) in [5.41, 5.74) is -0.114. The number of halogens is 4. The minimum absolute atomic E-state index is 0.0266. The molecule has 2 aromatic carbocycles. The highest BCUT2D eigenvalue weighted by atomic mass is 35.5. The van der Waals surface area contributed by atoms with Crippen LogP contribution in [0.4, 0.5) is 18.9 Å². The van der Waals surface area contributed by atoms with Gasteiger partial charge in [-0.1, -0.05) is 41.9 Å². The van der Waals surface area contributed by atoms with Crippen molar-refractivity contribution in [2.24, 2.45) is 0 Å². The predicted octanol–water partition coefficient (Wildman–Crippen LogP) is 3.93. The molecule has 0 aliphatic rings. The Hall–Kier alpha value is -2.58. The van der Waals surface area contributed by atoms with Gasteiger partial charge in [0.15, 0.2) is 0 Å². The number of likely N-dealkylation sites (N-methyl/N-ethyl adjacent to an activating group) is 1. The number of carbonyl (C=O) groups is 2. The minimum Gasteiger partial charge on any atom is -0.351 e. The van der Waals surface area contributed by atoms with E-state index in [0.717, 1.165) is 17.7 Å². The van der Waals surface area contributed by atoms with Gasteiger partial charge < -0.3 is 10.6 Å².